The van der Waals surface area contributed by atoms with Gasteiger partial charge in [0.1, 0.15) is 5.75 Å². The fourth-order valence-electron chi connectivity index (χ4n) is 1.71. The van der Waals surface area contributed by atoms with Crippen LogP contribution >= 0.6 is 0 Å². The second-order valence-corrected chi connectivity index (χ2v) is 4.76. The van der Waals surface area contributed by atoms with Crippen molar-refractivity contribution in [2.75, 3.05) is 12.4 Å². The lowest BCUT2D eigenvalue weighted by Gasteiger charge is -2.27. The summed E-state index contributed by atoms with van der Waals surface area (Å²) in [6, 6.07) is 7.41. The fraction of sp³-hybridized carbons (Fsp3) is 0.538. The highest BCUT2D eigenvalue weighted by molar-refractivity contribution is 5.46. The molecule has 0 bridgehead atoms. The van der Waals surface area contributed by atoms with Crippen LogP contribution in [-0.2, 0) is 4.74 Å². The van der Waals surface area contributed by atoms with Gasteiger partial charge in [-0.25, -0.2) is 0 Å². The molecule has 0 fully saturated rings. The molecular weight excluding hydrogens is 202 g/mol. The van der Waals surface area contributed by atoms with E-state index in [1.165, 1.54) is 0 Å². The number of phenolic OH excluding ortho intramolecular Hbond substituents is 1. The Bertz CT molecular complexity index is 319. The van der Waals surface area contributed by atoms with Crippen LogP contribution in [0.25, 0.3) is 0 Å². The molecule has 0 saturated heterocycles. The summed E-state index contributed by atoms with van der Waals surface area (Å²) in [5.41, 5.74) is 0.890. The summed E-state index contributed by atoms with van der Waals surface area (Å²) in [7, 11) is 1.73. The molecule has 3 nitrogen and oxygen atoms in total. The van der Waals surface area contributed by atoms with E-state index in [1.807, 2.05) is 12.1 Å². The Balaban J connectivity index is 2.51. The number of hydrogen-bond donors (Lipinski definition) is 2. The third-order valence-electron chi connectivity index (χ3n) is 2.63. The molecule has 0 aliphatic rings. The largest absolute Gasteiger partial charge is 0.508 e. The highest BCUT2D eigenvalue weighted by Crippen LogP contribution is 2.20. The zero-order valence-corrected chi connectivity index (χ0v) is 10.4. The lowest BCUT2D eigenvalue weighted by molar-refractivity contribution is 0.0128. The lowest BCUT2D eigenvalue weighted by atomic mass is 10.00. The van der Waals surface area contributed by atoms with Gasteiger partial charge in [0.2, 0.25) is 0 Å². The van der Waals surface area contributed by atoms with Gasteiger partial charge in [0, 0.05) is 18.8 Å². The minimum absolute atomic E-state index is 0.122. The normalized spacial score (nSPS) is 13.5. The average Bonchev–Trinajstić information content (AvgIpc) is 2.21. The van der Waals surface area contributed by atoms with Crippen molar-refractivity contribution in [3.8, 4) is 5.75 Å². The van der Waals surface area contributed by atoms with E-state index in [9.17, 15) is 0 Å². The highest BCUT2D eigenvalue weighted by Gasteiger charge is 2.19. The standard InChI is InChI=1S/C13H21NO2/c1-10(9-13(2,3)16-4)14-11-5-7-12(15)8-6-11/h5-8,10,14-15H,9H2,1-4H3. The Kier molecular flexibility index (Phi) is 4.19. The summed E-state index contributed by atoms with van der Waals surface area (Å²) in [6.07, 6.45) is 0.921. The van der Waals surface area contributed by atoms with Crippen LogP contribution in [0.1, 0.15) is 27.2 Å². The summed E-state index contributed by atoms with van der Waals surface area (Å²) in [5, 5.41) is 12.5. The van der Waals surface area contributed by atoms with E-state index < -0.39 is 0 Å². The van der Waals surface area contributed by atoms with E-state index >= 15 is 0 Å². The average molecular weight is 223 g/mol. The topological polar surface area (TPSA) is 41.5 Å². The number of benzene rings is 1. The number of methoxy groups -OCH3 is 1. The smallest absolute Gasteiger partial charge is 0.115 e. The number of anilines is 1. The Morgan fingerprint density at radius 2 is 1.88 bits per heavy atom. The molecule has 16 heavy (non-hydrogen) atoms. The number of phenols is 1. The molecule has 1 rings (SSSR count). The predicted molar refractivity (Wildman–Crippen MR) is 66.9 cm³/mol. The molecule has 1 aromatic rings. The zero-order valence-electron chi connectivity index (χ0n) is 10.4. The third-order valence-corrected chi connectivity index (χ3v) is 2.63. The van der Waals surface area contributed by atoms with Gasteiger partial charge in [0.05, 0.1) is 5.60 Å². The van der Waals surface area contributed by atoms with Crippen molar-refractivity contribution in [3.05, 3.63) is 24.3 Å². The molecule has 1 aromatic carbocycles. The quantitative estimate of drug-likeness (QED) is 0.754. The SMILES string of the molecule is COC(C)(C)CC(C)Nc1ccc(O)cc1. The summed E-state index contributed by atoms with van der Waals surface area (Å²) in [6.45, 7) is 6.26. The maximum absolute atomic E-state index is 9.17. The van der Waals surface area contributed by atoms with Crippen molar-refractivity contribution in [1.82, 2.24) is 0 Å². The molecule has 0 aliphatic heterocycles. The first-order chi connectivity index (χ1) is 7.43. The van der Waals surface area contributed by atoms with E-state index in [0.717, 1.165) is 12.1 Å². The van der Waals surface area contributed by atoms with Crippen LogP contribution in [0, 0.1) is 0 Å². The van der Waals surface area contributed by atoms with Gasteiger partial charge in [-0.15, -0.1) is 0 Å². The Labute approximate surface area is 97.4 Å². The van der Waals surface area contributed by atoms with E-state index in [-0.39, 0.29) is 11.4 Å². The van der Waals surface area contributed by atoms with Crippen LogP contribution in [0.4, 0.5) is 5.69 Å². The van der Waals surface area contributed by atoms with Crippen molar-refractivity contribution in [2.24, 2.45) is 0 Å². The molecule has 0 radical (unpaired) electrons. The van der Waals surface area contributed by atoms with Crippen LogP contribution < -0.4 is 5.32 Å². The van der Waals surface area contributed by atoms with E-state index in [2.05, 4.69) is 26.1 Å². The molecule has 0 amide bonds. The maximum Gasteiger partial charge on any atom is 0.115 e. The van der Waals surface area contributed by atoms with E-state index in [0.29, 0.717) is 6.04 Å². The minimum Gasteiger partial charge on any atom is -0.508 e. The molecule has 3 heteroatoms. The maximum atomic E-state index is 9.17. The Morgan fingerprint density at radius 1 is 1.31 bits per heavy atom. The molecule has 2 N–H and O–H groups in total. The van der Waals surface area contributed by atoms with Gasteiger partial charge in [0.15, 0.2) is 0 Å². The molecule has 90 valence electrons. The van der Waals surface area contributed by atoms with Crippen LogP contribution in [-0.4, -0.2) is 23.9 Å². The first-order valence-electron chi connectivity index (χ1n) is 5.54. The molecule has 1 unspecified atom stereocenters. The van der Waals surface area contributed by atoms with Crippen LogP contribution in [0.3, 0.4) is 0 Å². The van der Waals surface area contributed by atoms with Crippen molar-refractivity contribution >= 4 is 5.69 Å². The number of rotatable bonds is 5. The lowest BCUT2D eigenvalue weighted by Crippen LogP contribution is -2.31. The van der Waals surface area contributed by atoms with Gasteiger partial charge >= 0.3 is 0 Å². The zero-order chi connectivity index (χ0) is 12.2. The molecule has 1 atom stereocenters. The highest BCUT2D eigenvalue weighted by atomic mass is 16.5. The Hall–Kier alpha value is -1.22. The number of aromatic hydroxyl groups is 1. The van der Waals surface area contributed by atoms with Gasteiger partial charge in [-0.3, -0.25) is 0 Å². The molecule has 0 aromatic heterocycles. The van der Waals surface area contributed by atoms with Gasteiger partial charge < -0.3 is 15.2 Å². The summed E-state index contributed by atoms with van der Waals surface area (Å²) in [5.74, 6) is 0.287. The Morgan fingerprint density at radius 3 is 2.38 bits per heavy atom. The minimum atomic E-state index is -0.122. The molecule has 0 aliphatic carbocycles. The summed E-state index contributed by atoms with van der Waals surface area (Å²) >= 11 is 0. The number of nitrogens with one attached hydrogen (secondary N) is 1. The van der Waals surface area contributed by atoms with Gasteiger partial charge in [0.25, 0.3) is 0 Å². The van der Waals surface area contributed by atoms with Crippen molar-refractivity contribution in [3.63, 3.8) is 0 Å². The fourth-order valence-corrected chi connectivity index (χ4v) is 1.71. The van der Waals surface area contributed by atoms with Gasteiger partial charge in [-0.05, 0) is 51.5 Å². The van der Waals surface area contributed by atoms with Crippen molar-refractivity contribution < 1.29 is 9.84 Å². The molecule has 0 heterocycles. The molecular formula is C13H21NO2. The van der Waals surface area contributed by atoms with Gasteiger partial charge in [-0.2, -0.15) is 0 Å². The summed E-state index contributed by atoms with van der Waals surface area (Å²) < 4.78 is 5.39. The second-order valence-electron chi connectivity index (χ2n) is 4.76. The third kappa shape index (κ3) is 4.11. The van der Waals surface area contributed by atoms with Crippen molar-refractivity contribution in [2.45, 2.75) is 38.8 Å². The molecule has 0 saturated carbocycles. The first-order valence-corrected chi connectivity index (χ1v) is 5.54. The molecule has 0 spiro atoms. The van der Waals surface area contributed by atoms with Crippen molar-refractivity contribution in [1.29, 1.82) is 0 Å². The monoisotopic (exact) mass is 223 g/mol. The van der Waals surface area contributed by atoms with E-state index in [4.69, 9.17) is 9.84 Å². The van der Waals surface area contributed by atoms with E-state index in [1.54, 1.807) is 19.2 Å². The summed E-state index contributed by atoms with van der Waals surface area (Å²) in [4.78, 5) is 0. The predicted octanol–water partition coefficient (Wildman–Crippen LogP) is 3.01. The second kappa shape index (κ2) is 5.21. The number of ether oxygens (including phenoxy) is 1. The first kappa shape index (κ1) is 12.8. The number of hydrogen-bond acceptors (Lipinski definition) is 3. The van der Waals surface area contributed by atoms with Crippen LogP contribution in [0.2, 0.25) is 0 Å². The van der Waals surface area contributed by atoms with Crippen LogP contribution in [0.5, 0.6) is 5.75 Å². The van der Waals surface area contributed by atoms with Crippen LogP contribution in [0.15, 0.2) is 24.3 Å². The van der Waals surface area contributed by atoms with Gasteiger partial charge in [-0.1, -0.05) is 0 Å².